The van der Waals surface area contributed by atoms with Gasteiger partial charge >= 0.3 is 0 Å². The Morgan fingerprint density at radius 1 is 1.18 bits per heavy atom. The van der Waals surface area contributed by atoms with Crippen LogP contribution in [0.25, 0.3) is 0 Å². The van der Waals surface area contributed by atoms with Crippen molar-refractivity contribution in [1.82, 2.24) is 15.2 Å². The number of nitrogens with one attached hydrogen (secondary N) is 1. The van der Waals surface area contributed by atoms with Crippen LogP contribution in [0.3, 0.4) is 0 Å². The largest absolute Gasteiger partial charge is 0.497 e. The van der Waals surface area contributed by atoms with Gasteiger partial charge in [-0.05, 0) is 55.6 Å². The number of nitrogens with zero attached hydrogens (tertiary/aromatic N) is 3. The first-order valence-electron chi connectivity index (χ1n) is 9.60. The van der Waals surface area contributed by atoms with Gasteiger partial charge in [-0.15, -0.1) is 11.8 Å². The molecule has 0 bridgehead atoms. The number of pyridine rings is 1. The van der Waals surface area contributed by atoms with Crippen molar-refractivity contribution < 1.29 is 9.53 Å². The number of amides is 1. The van der Waals surface area contributed by atoms with Crippen LogP contribution in [-0.2, 0) is 0 Å². The second-order valence-corrected chi connectivity index (χ2v) is 7.49. The summed E-state index contributed by atoms with van der Waals surface area (Å²) in [6.45, 7) is 5.80. The monoisotopic (exact) mass is 400 g/mol. The molecular formula is C21H28N4O2S. The molecule has 1 aromatic carbocycles. The molecule has 0 saturated carbocycles. The number of piperazine rings is 1. The van der Waals surface area contributed by atoms with E-state index >= 15 is 0 Å². The van der Waals surface area contributed by atoms with Crippen molar-refractivity contribution >= 4 is 23.4 Å². The summed E-state index contributed by atoms with van der Waals surface area (Å²) in [7, 11) is 1.69. The summed E-state index contributed by atoms with van der Waals surface area (Å²) in [5.74, 6) is 0.849. The lowest BCUT2D eigenvalue weighted by atomic mass is 10.2. The molecule has 1 aliphatic rings. The molecule has 0 aliphatic carbocycles. The number of aromatic nitrogens is 1. The van der Waals surface area contributed by atoms with Gasteiger partial charge in [0.1, 0.15) is 10.8 Å². The van der Waals surface area contributed by atoms with Gasteiger partial charge < -0.3 is 15.0 Å². The van der Waals surface area contributed by atoms with Crippen LogP contribution in [0.1, 0.15) is 16.8 Å². The number of thioether (sulfide) groups is 1. The van der Waals surface area contributed by atoms with Gasteiger partial charge in [-0.3, -0.25) is 9.69 Å². The van der Waals surface area contributed by atoms with Crippen LogP contribution in [0.2, 0.25) is 0 Å². The standard InChI is InChI=1S/C21H28N4O2S/c1-27-18-8-6-17(7-9-18)25-15-13-24(14-16-25)12-4-11-22-20(26)19-5-3-10-23-21(19)28-2/h3,5-10H,4,11-16H2,1-2H3,(H,22,26). The fraction of sp³-hybridized carbons (Fsp3) is 0.429. The van der Waals surface area contributed by atoms with Crippen molar-refractivity contribution in [2.45, 2.75) is 11.4 Å². The second kappa shape index (κ2) is 10.3. The lowest BCUT2D eigenvalue weighted by molar-refractivity contribution is 0.0948. The molecule has 2 aromatic rings. The molecule has 1 saturated heterocycles. The summed E-state index contributed by atoms with van der Waals surface area (Å²) < 4.78 is 5.23. The third kappa shape index (κ3) is 5.39. The molecule has 150 valence electrons. The molecule has 1 aliphatic heterocycles. The molecule has 28 heavy (non-hydrogen) atoms. The minimum Gasteiger partial charge on any atom is -0.497 e. The zero-order valence-corrected chi connectivity index (χ0v) is 17.4. The number of hydrogen-bond donors (Lipinski definition) is 1. The van der Waals surface area contributed by atoms with Crippen molar-refractivity contribution in [2.75, 3.05) is 57.5 Å². The highest BCUT2D eigenvalue weighted by Crippen LogP contribution is 2.20. The molecule has 0 radical (unpaired) electrons. The summed E-state index contributed by atoms with van der Waals surface area (Å²) in [6.07, 6.45) is 4.60. The van der Waals surface area contributed by atoms with Gasteiger partial charge in [-0.2, -0.15) is 0 Å². The summed E-state index contributed by atoms with van der Waals surface area (Å²) in [5.41, 5.74) is 1.90. The number of ether oxygens (including phenoxy) is 1. The smallest absolute Gasteiger partial charge is 0.254 e. The zero-order chi connectivity index (χ0) is 19.8. The topological polar surface area (TPSA) is 57.7 Å². The van der Waals surface area contributed by atoms with Gasteiger partial charge in [0.2, 0.25) is 0 Å². The molecule has 7 heteroatoms. The van der Waals surface area contributed by atoms with E-state index in [1.807, 2.05) is 24.5 Å². The van der Waals surface area contributed by atoms with Crippen LogP contribution in [0, 0.1) is 0 Å². The van der Waals surface area contributed by atoms with Crippen molar-refractivity contribution in [1.29, 1.82) is 0 Å². The third-order valence-electron chi connectivity index (χ3n) is 4.96. The van der Waals surface area contributed by atoms with Gasteiger partial charge in [-0.1, -0.05) is 0 Å². The van der Waals surface area contributed by atoms with Crippen LogP contribution in [-0.4, -0.2) is 68.4 Å². The van der Waals surface area contributed by atoms with E-state index in [1.165, 1.54) is 17.4 Å². The number of methoxy groups -OCH3 is 1. The summed E-state index contributed by atoms with van der Waals surface area (Å²) >= 11 is 1.49. The van der Waals surface area contributed by atoms with E-state index in [0.29, 0.717) is 12.1 Å². The minimum absolute atomic E-state index is 0.0400. The van der Waals surface area contributed by atoms with Crippen molar-refractivity contribution in [2.24, 2.45) is 0 Å². The van der Waals surface area contributed by atoms with Crippen molar-refractivity contribution in [3.63, 3.8) is 0 Å². The van der Waals surface area contributed by atoms with E-state index in [2.05, 4.69) is 32.2 Å². The number of rotatable bonds is 8. The first-order valence-corrected chi connectivity index (χ1v) is 10.8. The maximum atomic E-state index is 12.3. The first kappa shape index (κ1) is 20.5. The number of hydrogen-bond acceptors (Lipinski definition) is 6. The van der Waals surface area contributed by atoms with Crippen LogP contribution >= 0.6 is 11.8 Å². The molecule has 1 fully saturated rings. The molecule has 3 rings (SSSR count). The average Bonchev–Trinajstić information content (AvgIpc) is 2.77. The fourth-order valence-corrected chi connectivity index (χ4v) is 3.90. The Kier molecular flexibility index (Phi) is 7.56. The summed E-state index contributed by atoms with van der Waals surface area (Å²) in [5, 5.41) is 3.79. The van der Waals surface area contributed by atoms with Gasteiger partial charge in [0.25, 0.3) is 5.91 Å². The molecule has 2 heterocycles. The maximum absolute atomic E-state index is 12.3. The Labute approximate surface area is 171 Å². The van der Waals surface area contributed by atoms with E-state index in [1.54, 1.807) is 19.4 Å². The Hall–Kier alpha value is -2.25. The number of carbonyl (C=O) groups is 1. The van der Waals surface area contributed by atoms with E-state index in [-0.39, 0.29) is 5.91 Å². The van der Waals surface area contributed by atoms with E-state index in [0.717, 1.165) is 49.9 Å². The molecule has 1 N–H and O–H groups in total. The third-order valence-corrected chi connectivity index (χ3v) is 5.67. The molecule has 0 atom stereocenters. The second-order valence-electron chi connectivity index (χ2n) is 6.70. The maximum Gasteiger partial charge on any atom is 0.254 e. The first-order chi connectivity index (χ1) is 13.7. The highest BCUT2D eigenvalue weighted by molar-refractivity contribution is 7.98. The van der Waals surface area contributed by atoms with E-state index in [4.69, 9.17) is 4.74 Å². The highest BCUT2D eigenvalue weighted by atomic mass is 32.2. The van der Waals surface area contributed by atoms with Gasteiger partial charge in [-0.25, -0.2) is 4.98 Å². The van der Waals surface area contributed by atoms with Crippen LogP contribution in [0.15, 0.2) is 47.6 Å². The molecule has 0 spiro atoms. The SMILES string of the molecule is COc1ccc(N2CCN(CCCNC(=O)c3cccnc3SC)CC2)cc1. The van der Waals surface area contributed by atoms with Crippen molar-refractivity contribution in [3.8, 4) is 5.75 Å². The Morgan fingerprint density at radius 3 is 2.61 bits per heavy atom. The Morgan fingerprint density at radius 2 is 1.93 bits per heavy atom. The molecular weight excluding hydrogens is 372 g/mol. The molecule has 1 aromatic heterocycles. The quantitative estimate of drug-likeness (QED) is 0.543. The number of carbonyl (C=O) groups excluding carboxylic acids is 1. The molecule has 6 nitrogen and oxygen atoms in total. The fourth-order valence-electron chi connectivity index (χ4n) is 3.35. The minimum atomic E-state index is -0.0400. The van der Waals surface area contributed by atoms with E-state index in [9.17, 15) is 4.79 Å². The highest BCUT2D eigenvalue weighted by Gasteiger charge is 2.17. The van der Waals surface area contributed by atoms with E-state index < -0.39 is 0 Å². The predicted octanol–water partition coefficient (Wildman–Crippen LogP) is 2.75. The lowest BCUT2D eigenvalue weighted by Gasteiger charge is -2.36. The van der Waals surface area contributed by atoms with Gasteiger partial charge in [0.05, 0.1) is 12.7 Å². The number of benzene rings is 1. The van der Waals surface area contributed by atoms with Crippen molar-refractivity contribution in [3.05, 3.63) is 48.2 Å². The van der Waals surface area contributed by atoms with Gasteiger partial charge in [0, 0.05) is 44.6 Å². The Bertz CT molecular complexity index is 761. The zero-order valence-electron chi connectivity index (χ0n) is 16.6. The average molecular weight is 401 g/mol. The summed E-state index contributed by atoms with van der Waals surface area (Å²) in [6, 6.07) is 11.9. The normalized spacial score (nSPS) is 14.7. The van der Waals surface area contributed by atoms with Crippen LogP contribution < -0.4 is 15.0 Å². The van der Waals surface area contributed by atoms with Crippen LogP contribution in [0.5, 0.6) is 5.75 Å². The lowest BCUT2D eigenvalue weighted by Crippen LogP contribution is -2.47. The number of anilines is 1. The molecule has 0 unspecified atom stereocenters. The van der Waals surface area contributed by atoms with Gasteiger partial charge in [0.15, 0.2) is 0 Å². The van der Waals surface area contributed by atoms with Crippen LogP contribution in [0.4, 0.5) is 5.69 Å². The predicted molar refractivity (Wildman–Crippen MR) is 115 cm³/mol. The molecule has 1 amide bonds. The Balaban J connectivity index is 1.37. The summed E-state index contributed by atoms with van der Waals surface area (Å²) in [4.78, 5) is 21.4.